The number of nitrogens with one attached hydrogen (secondary N) is 2. The van der Waals surface area contributed by atoms with Gasteiger partial charge in [0, 0.05) is 6.54 Å². The summed E-state index contributed by atoms with van der Waals surface area (Å²) in [6, 6.07) is 7.77. The first-order valence-electron chi connectivity index (χ1n) is 7.61. The van der Waals surface area contributed by atoms with Crippen LogP contribution in [0.4, 0.5) is 4.79 Å². The zero-order chi connectivity index (χ0) is 17.1. The Morgan fingerprint density at radius 1 is 1.38 bits per heavy atom. The van der Waals surface area contributed by atoms with E-state index in [0.29, 0.717) is 17.9 Å². The summed E-state index contributed by atoms with van der Waals surface area (Å²) in [5, 5.41) is 11.5. The molecule has 1 saturated heterocycles. The summed E-state index contributed by atoms with van der Waals surface area (Å²) in [5.74, 6) is 0.438. The molecule has 1 aliphatic rings. The van der Waals surface area contributed by atoms with Gasteiger partial charge in [0.2, 0.25) is 0 Å². The number of H-pyrrole nitrogens is 1. The highest BCUT2D eigenvalue weighted by atomic mass is 79.9. The van der Waals surface area contributed by atoms with Crippen LogP contribution in [0, 0.1) is 0 Å². The molecule has 0 bridgehead atoms. The molecule has 2 atom stereocenters. The molecule has 7 nitrogen and oxygen atoms in total. The lowest BCUT2D eigenvalue weighted by Gasteiger charge is -2.28. The van der Waals surface area contributed by atoms with Gasteiger partial charge in [-0.3, -0.25) is 4.79 Å². The van der Waals surface area contributed by atoms with Crippen molar-refractivity contribution in [2.45, 2.75) is 24.9 Å². The van der Waals surface area contributed by atoms with E-state index < -0.39 is 12.1 Å². The molecule has 2 aromatic rings. The van der Waals surface area contributed by atoms with Crippen molar-refractivity contribution in [3.05, 3.63) is 52.5 Å². The van der Waals surface area contributed by atoms with E-state index in [-0.39, 0.29) is 11.9 Å². The van der Waals surface area contributed by atoms with Crippen molar-refractivity contribution in [1.82, 2.24) is 20.2 Å². The number of aromatic amines is 1. The molecule has 126 valence electrons. The molecular weight excluding hydrogens is 376 g/mol. The fourth-order valence-electron chi connectivity index (χ4n) is 3.02. The number of rotatable bonds is 4. The average molecular weight is 393 g/mol. The number of hydrogen-bond donors (Lipinski definition) is 3. The molecule has 24 heavy (non-hydrogen) atoms. The molecule has 1 aromatic carbocycles. The van der Waals surface area contributed by atoms with Gasteiger partial charge in [-0.05, 0) is 34.3 Å². The Morgan fingerprint density at radius 3 is 2.75 bits per heavy atom. The summed E-state index contributed by atoms with van der Waals surface area (Å²) >= 11 is 3.32. The molecule has 0 aliphatic carbocycles. The van der Waals surface area contributed by atoms with Crippen LogP contribution in [-0.2, 0) is 4.79 Å². The number of halogens is 1. The summed E-state index contributed by atoms with van der Waals surface area (Å²) in [7, 11) is 0. The maximum Gasteiger partial charge on any atom is 0.405 e. The third-order valence-electron chi connectivity index (χ3n) is 4.06. The number of carbonyl (C=O) groups is 2. The van der Waals surface area contributed by atoms with E-state index in [1.54, 1.807) is 35.4 Å². The second-order valence-corrected chi connectivity index (χ2v) is 6.45. The molecule has 0 saturated carbocycles. The number of carboxylic acid groups (broad SMARTS) is 1. The second kappa shape index (κ2) is 7.04. The van der Waals surface area contributed by atoms with E-state index in [4.69, 9.17) is 5.11 Å². The number of hydrogen-bond acceptors (Lipinski definition) is 3. The molecule has 1 aromatic heterocycles. The summed E-state index contributed by atoms with van der Waals surface area (Å²) in [6.45, 7) is 0.576. The topological polar surface area (TPSA) is 98.3 Å². The van der Waals surface area contributed by atoms with E-state index in [9.17, 15) is 9.59 Å². The van der Waals surface area contributed by atoms with E-state index in [1.165, 1.54) is 0 Å². The third kappa shape index (κ3) is 3.43. The van der Waals surface area contributed by atoms with Crippen molar-refractivity contribution in [2.75, 3.05) is 6.54 Å². The molecule has 1 fully saturated rings. The van der Waals surface area contributed by atoms with E-state index in [1.807, 2.05) is 6.07 Å². The Morgan fingerprint density at radius 2 is 2.12 bits per heavy atom. The predicted octanol–water partition coefficient (Wildman–Crippen LogP) is 2.84. The van der Waals surface area contributed by atoms with Crippen LogP contribution in [-0.4, -0.2) is 38.5 Å². The van der Waals surface area contributed by atoms with Crippen LogP contribution < -0.4 is 5.32 Å². The van der Waals surface area contributed by atoms with Crippen molar-refractivity contribution in [1.29, 1.82) is 0 Å². The Labute approximate surface area is 147 Å². The summed E-state index contributed by atoms with van der Waals surface area (Å²) in [5.41, 5.74) is 0.621. The first-order valence-corrected chi connectivity index (χ1v) is 8.41. The highest BCUT2D eigenvalue weighted by Gasteiger charge is 2.36. The monoisotopic (exact) mass is 392 g/mol. The van der Waals surface area contributed by atoms with E-state index >= 15 is 0 Å². The Balaban J connectivity index is 1.87. The van der Waals surface area contributed by atoms with Gasteiger partial charge in [-0.25, -0.2) is 9.78 Å². The largest absolute Gasteiger partial charge is 0.465 e. The number of amides is 2. The minimum absolute atomic E-state index is 0.175. The van der Waals surface area contributed by atoms with Crippen molar-refractivity contribution in [3.63, 3.8) is 0 Å². The molecule has 0 spiro atoms. The van der Waals surface area contributed by atoms with Gasteiger partial charge in [-0.15, -0.1) is 0 Å². The van der Waals surface area contributed by atoms with Crippen molar-refractivity contribution in [3.8, 4) is 0 Å². The first kappa shape index (κ1) is 16.5. The van der Waals surface area contributed by atoms with Crippen molar-refractivity contribution < 1.29 is 14.7 Å². The van der Waals surface area contributed by atoms with Gasteiger partial charge < -0.3 is 20.3 Å². The first-order chi connectivity index (χ1) is 11.6. The lowest BCUT2D eigenvalue weighted by atomic mass is 10.1. The maximum absolute atomic E-state index is 13.0. The number of carbonyl (C=O) groups excluding carboxylic acids is 1. The molecule has 0 unspecified atom stereocenters. The van der Waals surface area contributed by atoms with E-state index in [2.05, 4.69) is 31.2 Å². The highest BCUT2D eigenvalue weighted by Crippen LogP contribution is 2.33. The minimum atomic E-state index is -1.23. The van der Waals surface area contributed by atoms with Crippen molar-refractivity contribution in [2.24, 2.45) is 0 Å². The second-order valence-electron chi connectivity index (χ2n) is 5.60. The minimum Gasteiger partial charge on any atom is -0.465 e. The molecule has 8 heteroatoms. The highest BCUT2D eigenvalue weighted by molar-refractivity contribution is 9.10. The molecular formula is C16H17BrN4O3. The van der Waals surface area contributed by atoms with Gasteiger partial charge >= 0.3 is 6.09 Å². The normalized spacial score (nSPS) is 18.4. The number of likely N-dealkylation sites (tertiary alicyclic amines) is 1. The lowest BCUT2D eigenvalue weighted by molar-refractivity contribution is -0.134. The summed E-state index contributed by atoms with van der Waals surface area (Å²) in [4.78, 5) is 33.3. The van der Waals surface area contributed by atoms with Crippen molar-refractivity contribution >= 4 is 27.9 Å². The maximum atomic E-state index is 13.0. The Bertz CT molecular complexity index is 734. The van der Waals surface area contributed by atoms with Gasteiger partial charge in [0.15, 0.2) is 0 Å². The van der Waals surface area contributed by atoms with Crippen LogP contribution in [0.3, 0.4) is 0 Å². The fourth-order valence-corrected chi connectivity index (χ4v) is 3.33. The number of imidazole rings is 1. The Kier molecular flexibility index (Phi) is 4.84. The number of aromatic nitrogens is 2. The molecule has 1 aliphatic heterocycles. The van der Waals surface area contributed by atoms with Gasteiger partial charge in [-0.1, -0.05) is 30.3 Å². The quantitative estimate of drug-likeness (QED) is 0.744. The molecule has 0 radical (unpaired) electrons. The third-order valence-corrected chi connectivity index (χ3v) is 4.47. The summed E-state index contributed by atoms with van der Waals surface area (Å²) < 4.78 is 0.750. The molecule has 3 rings (SSSR count). The average Bonchev–Trinajstić information content (AvgIpc) is 3.21. The smallest absolute Gasteiger partial charge is 0.405 e. The van der Waals surface area contributed by atoms with Gasteiger partial charge in [0.25, 0.3) is 5.91 Å². The number of benzene rings is 1. The molecule has 3 N–H and O–H groups in total. The van der Waals surface area contributed by atoms with Gasteiger partial charge in [-0.2, -0.15) is 0 Å². The lowest BCUT2D eigenvalue weighted by Crippen LogP contribution is -2.42. The van der Waals surface area contributed by atoms with Crippen LogP contribution in [0.2, 0.25) is 0 Å². The SMILES string of the molecule is O=C(O)N[C@@H](C(=O)N1CCC[C@H]1c1ncc(Br)[nH]1)c1ccccc1. The van der Waals surface area contributed by atoms with Crippen LogP contribution >= 0.6 is 15.9 Å². The van der Waals surface area contributed by atoms with Gasteiger partial charge in [0.05, 0.1) is 12.2 Å². The van der Waals surface area contributed by atoms with E-state index in [0.717, 1.165) is 17.4 Å². The molecule has 2 amide bonds. The zero-order valence-electron chi connectivity index (χ0n) is 12.8. The number of nitrogens with zero attached hydrogens (tertiary/aromatic N) is 2. The predicted molar refractivity (Wildman–Crippen MR) is 90.3 cm³/mol. The fraction of sp³-hybridized carbons (Fsp3) is 0.312. The van der Waals surface area contributed by atoms with Crippen LogP contribution in [0.15, 0.2) is 41.1 Å². The zero-order valence-corrected chi connectivity index (χ0v) is 14.4. The van der Waals surface area contributed by atoms with Crippen LogP contribution in [0.25, 0.3) is 0 Å². The molecule has 2 heterocycles. The summed E-state index contributed by atoms with van der Waals surface area (Å²) in [6.07, 6.45) is 2.07. The van der Waals surface area contributed by atoms with Gasteiger partial charge in [0.1, 0.15) is 16.5 Å². The standard InChI is InChI=1S/C16H17BrN4O3/c17-12-9-18-14(19-12)11-7-4-8-21(11)15(22)13(20-16(23)24)10-5-2-1-3-6-10/h1-3,5-6,9,11,13,20H,4,7-8H2,(H,18,19)(H,23,24)/t11-,13+/m0/s1. The van der Waals surface area contributed by atoms with Crippen LogP contribution in [0.1, 0.15) is 36.3 Å². The Hall–Kier alpha value is -2.35. The van der Waals surface area contributed by atoms with Crippen LogP contribution in [0.5, 0.6) is 0 Å².